The molecule has 0 saturated carbocycles. The number of benzene rings is 1. The maximum absolute atomic E-state index is 10.5. The lowest BCUT2D eigenvalue weighted by atomic mass is 10.2. The Morgan fingerprint density at radius 3 is 2.67 bits per heavy atom. The molecular formula is C8H8O4. The molecule has 0 unspecified atom stereocenters. The third kappa shape index (κ3) is 1.73. The van der Waals surface area contributed by atoms with Gasteiger partial charge in [-0.2, -0.15) is 0 Å². The fraction of sp³-hybridized carbons (Fsp3) is 0.125. The first-order chi connectivity index (χ1) is 5.75. The van der Waals surface area contributed by atoms with Gasteiger partial charge in [0, 0.05) is 0 Å². The van der Waals surface area contributed by atoms with Crippen LogP contribution in [0.3, 0.4) is 0 Å². The van der Waals surface area contributed by atoms with Crippen LogP contribution in [0.25, 0.3) is 0 Å². The highest BCUT2D eigenvalue weighted by atomic mass is 16.6. The van der Waals surface area contributed by atoms with Crippen LogP contribution in [0.1, 0.15) is 10.4 Å². The van der Waals surface area contributed by atoms with E-state index in [0.717, 1.165) is 0 Å². The van der Waals surface area contributed by atoms with Gasteiger partial charge in [-0.05, 0) is 12.1 Å². The number of para-hydroxylation sites is 1. The number of carboxylic acid groups (broad SMARTS) is 1. The molecule has 0 heterocycles. The van der Waals surface area contributed by atoms with Crippen molar-refractivity contribution >= 4 is 5.97 Å². The average Bonchev–Trinajstić information content (AvgIpc) is 2.05. The fourth-order valence-electron chi connectivity index (χ4n) is 0.839. The molecule has 2 N–H and O–H groups in total. The highest BCUT2D eigenvalue weighted by Crippen LogP contribution is 2.16. The van der Waals surface area contributed by atoms with E-state index in [9.17, 15) is 4.79 Å². The summed E-state index contributed by atoms with van der Waals surface area (Å²) in [7, 11) is 0. The zero-order valence-electron chi connectivity index (χ0n) is 6.23. The van der Waals surface area contributed by atoms with Crippen molar-refractivity contribution in [3.63, 3.8) is 0 Å². The predicted octanol–water partition coefficient (Wildman–Crippen LogP) is 0.713. The van der Waals surface area contributed by atoms with Gasteiger partial charge in [-0.3, -0.25) is 0 Å². The SMILES string of the molecule is O=C(O)c1ccccc1OCO. The number of hydrogen-bond donors (Lipinski definition) is 2. The van der Waals surface area contributed by atoms with Crippen LogP contribution < -0.4 is 4.74 Å². The minimum Gasteiger partial charge on any atom is -0.478 e. The van der Waals surface area contributed by atoms with Crippen molar-refractivity contribution in [2.45, 2.75) is 0 Å². The quantitative estimate of drug-likeness (QED) is 0.652. The largest absolute Gasteiger partial charge is 0.478 e. The topological polar surface area (TPSA) is 66.8 Å². The Balaban J connectivity index is 3.00. The van der Waals surface area contributed by atoms with Crippen LogP contribution in [0.2, 0.25) is 0 Å². The molecular weight excluding hydrogens is 160 g/mol. The Labute approximate surface area is 69.0 Å². The van der Waals surface area contributed by atoms with Crippen molar-refractivity contribution in [3.8, 4) is 5.75 Å². The second-order valence-corrected chi connectivity index (χ2v) is 2.07. The molecule has 1 aromatic carbocycles. The molecule has 0 aliphatic carbocycles. The molecule has 0 fully saturated rings. The minimum absolute atomic E-state index is 0.0477. The van der Waals surface area contributed by atoms with Crippen LogP contribution >= 0.6 is 0 Å². The van der Waals surface area contributed by atoms with Gasteiger partial charge >= 0.3 is 5.97 Å². The summed E-state index contributed by atoms with van der Waals surface area (Å²) in [6.45, 7) is -0.524. The van der Waals surface area contributed by atoms with Crippen molar-refractivity contribution in [1.82, 2.24) is 0 Å². The standard InChI is InChI=1S/C8H8O4/c9-5-12-7-4-2-1-3-6(7)8(10)11/h1-4,9H,5H2,(H,10,11). The van der Waals surface area contributed by atoms with Crippen LogP contribution in [0.4, 0.5) is 0 Å². The predicted molar refractivity (Wildman–Crippen MR) is 41.1 cm³/mol. The first-order valence-corrected chi connectivity index (χ1v) is 3.31. The second-order valence-electron chi connectivity index (χ2n) is 2.07. The van der Waals surface area contributed by atoms with Gasteiger partial charge in [0.2, 0.25) is 0 Å². The van der Waals surface area contributed by atoms with Crippen molar-refractivity contribution in [2.24, 2.45) is 0 Å². The van der Waals surface area contributed by atoms with Crippen LogP contribution in [-0.2, 0) is 0 Å². The van der Waals surface area contributed by atoms with Crippen molar-refractivity contribution in [3.05, 3.63) is 29.8 Å². The van der Waals surface area contributed by atoms with Crippen LogP contribution in [0.15, 0.2) is 24.3 Å². The molecule has 0 amide bonds. The average molecular weight is 168 g/mol. The van der Waals surface area contributed by atoms with Gasteiger partial charge < -0.3 is 14.9 Å². The lowest BCUT2D eigenvalue weighted by molar-refractivity contribution is 0.0674. The number of carbonyl (C=O) groups is 1. The minimum atomic E-state index is -1.07. The molecule has 4 nitrogen and oxygen atoms in total. The lowest BCUT2D eigenvalue weighted by Gasteiger charge is -2.04. The molecule has 4 heteroatoms. The van der Waals surface area contributed by atoms with Gasteiger partial charge in [0.25, 0.3) is 0 Å². The van der Waals surface area contributed by atoms with Gasteiger partial charge in [-0.25, -0.2) is 4.79 Å². The zero-order chi connectivity index (χ0) is 8.97. The van der Waals surface area contributed by atoms with E-state index in [-0.39, 0.29) is 11.3 Å². The molecule has 1 aromatic rings. The van der Waals surface area contributed by atoms with E-state index in [0.29, 0.717) is 0 Å². The number of rotatable bonds is 3. The summed E-state index contributed by atoms with van der Waals surface area (Å²) in [4.78, 5) is 10.5. The first kappa shape index (κ1) is 8.55. The van der Waals surface area contributed by atoms with E-state index in [1.807, 2.05) is 0 Å². The number of hydrogen-bond acceptors (Lipinski definition) is 3. The number of carboxylic acids is 1. The smallest absolute Gasteiger partial charge is 0.339 e. The summed E-state index contributed by atoms with van der Waals surface area (Å²) in [6.07, 6.45) is 0. The normalized spacial score (nSPS) is 9.42. The maximum Gasteiger partial charge on any atom is 0.339 e. The third-order valence-corrected chi connectivity index (χ3v) is 1.34. The lowest BCUT2D eigenvalue weighted by Crippen LogP contribution is -2.03. The molecule has 0 spiro atoms. The van der Waals surface area contributed by atoms with E-state index in [4.69, 9.17) is 10.2 Å². The number of ether oxygens (including phenoxy) is 1. The van der Waals surface area contributed by atoms with Crippen molar-refractivity contribution in [1.29, 1.82) is 0 Å². The highest BCUT2D eigenvalue weighted by Gasteiger charge is 2.08. The van der Waals surface area contributed by atoms with Crippen LogP contribution in [0, 0.1) is 0 Å². The Kier molecular flexibility index (Phi) is 2.66. The van der Waals surface area contributed by atoms with E-state index < -0.39 is 12.8 Å². The molecule has 0 atom stereocenters. The summed E-state index contributed by atoms with van der Waals surface area (Å²) >= 11 is 0. The Bertz CT molecular complexity index is 282. The Morgan fingerprint density at radius 2 is 2.08 bits per heavy atom. The van der Waals surface area contributed by atoms with E-state index in [1.165, 1.54) is 12.1 Å². The van der Waals surface area contributed by atoms with E-state index in [1.54, 1.807) is 12.1 Å². The molecule has 1 rings (SSSR count). The fourth-order valence-corrected chi connectivity index (χ4v) is 0.839. The molecule has 12 heavy (non-hydrogen) atoms. The van der Waals surface area contributed by atoms with Crippen molar-refractivity contribution < 1.29 is 19.7 Å². The molecule has 0 bridgehead atoms. The maximum atomic E-state index is 10.5. The van der Waals surface area contributed by atoms with E-state index in [2.05, 4.69) is 4.74 Å². The van der Waals surface area contributed by atoms with Gasteiger partial charge in [0.15, 0.2) is 6.79 Å². The van der Waals surface area contributed by atoms with Gasteiger partial charge in [0.1, 0.15) is 11.3 Å². The molecule has 0 aromatic heterocycles. The van der Waals surface area contributed by atoms with Gasteiger partial charge in [-0.1, -0.05) is 12.1 Å². The number of aliphatic hydroxyl groups is 1. The molecule has 0 aliphatic rings. The summed E-state index contributed by atoms with van der Waals surface area (Å²) in [5.74, 6) is -0.897. The van der Waals surface area contributed by atoms with Gasteiger partial charge in [0.05, 0.1) is 0 Å². The number of aromatic carboxylic acids is 1. The molecule has 0 radical (unpaired) electrons. The van der Waals surface area contributed by atoms with Crippen molar-refractivity contribution in [2.75, 3.05) is 6.79 Å². The Morgan fingerprint density at radius 1 is 1.42 bits per heavy atom. The summed E-state index contributed by atoms with van der Waals surface area (Å²) < 4.78 is 4.67. The number of aliphatic hydroxyl groups excluding tert-OH is 1. The molecule has 0 saturated heterocycles. The second kappa shape index (κ2) is 3.73. The highest BCUT2D eigenvalue weighted by molar-refractivity contribution is 5.90. The van der Waals surface area contributed by atoms with E-state index >= 15 is 0 Å². The molecule has 64 valence electrons. The first-order valence-electron chi connectivity index (χ1n) is 3.31. The summed E-state index contributed by atoms with van der Waals surface area (Å²) in [6, 6.07) is 6.12. The van der Waals surface area contributed by atoms with Gasteiger partial charge in [-0.15, -0.1) is 0 Å². The van der Waals surface area contributed by atoms with Crippen LogP contribution in [0.5, 0.6) is 5.75 Å². The Hall–Kier alpha value is -1.55. The zero-order valence-corrected chi connectivity index (χ0v) is 6.23. The summed E-state index contributed by atoms with van der Waals surface area (Å²) in [5, 5.41) is 17.0. The van der Waals surface area contributed by atoms with Crippen LogP contribution in [-0.4, -0.2) is 23.0 Å². The summed E-state index contributed by atoms with van der Waals surface area (Å²) in [5.41, 5.74) is 0.0477. The third-order valence-electron chi connectivity index (χ3n) is 1.34. The monoisotopic (exact) mass is 168 g/mol. The molecule has 0 aliphatic heterocycles.